The number of nitrogens with one attached hydrogen (secondary N) is 2. The Morgan fingerprint density at radius 1 is 1.24 bits per heavy atom. The highest BCUT2D eigenvalue weighted by Crippen LogP contribution is 2.38. The van der Waals surface area contributed by atoms with E-state index in [2.05, 4.69) is 33.6 Å². The lowest BCUT2D eigenvalue weighted by Gasteiger charge is -2.11. The average Bonchev–Trinajstić information content (AvgIpc) is 3.54. The summed E-state index contributed by atoms with van der Waals surface area (Å²) in [6.45, 7) is 0.102. The van der Waals surface area contributed by atoms with Gasteiger partial charge in [-0.2, -0.15) is 13.9 Å². The molecule has 0 aliphatic rings. The maximum absolute atomic E-state index is 13.2. The second kappa shape index (κ2) is 14.0. The number of methoxy groups -OCH3 is 1. The van der Waals surface area contributed by atoms with Crippen molar-refractivity contribution in [3.05, 3.63) is 59.4 Å². The largest absolute Gasteiger partial charge is 0.496 e. The molecule has 2 aromatic heterocycles. The van der Waals surface area contributed by atoms with Gasteiger partial charge in [0.25, 0.3) is 0 Å². The molecule has 200 valence electrons. The van der Waals surface area contributed by atoms with E-state index in [1.54, 1.807) is 36.0 Å². The fraction of sp³-hybridized carbons (Fsp3) is 0.269. The molecule has 0 atom stereocenters. The number of hydrogen-bond acceptors (Lipinski definition) is 9. The van der Waals surface area contributed by atoms with Gasteiger partial charge in [0, 0.05) is 18.3 Å². The van der Waals surface area contributed by atoms with Crippen LogP contribution in [0.25, 0.3) is 11.0 Å². The van der Waals surface area contributed by atoms with Crippen LogP contribution >= 0.6 is 11.9 Å². The van der Waals surface area contributed by atoms with Crippen LogP contribution in [0.3, 0.4) is 0 Å². The summed E-state index contributed by atoms with van der Waals surface area (Å²) in [4.78, 5) is 9.77. The smallest absolute Gasteiger partial charge is 0.387 e. The van der Waals surface area contributed by atoms with Crippen LogP contribution in [-0.4, -0.2) is 42.0 Å². The number of benzene rings is 2. The van der Waals surface area contributed by atoms with Gasteiger partial charge in [-0.3, -0.25) is 9.48 Å². The Hall–Kier alpha value is -4.08. The maximum Gasteiger partial charge on any atom is 0.387 e. The molecule has 0 radical (unpaired) electrons. The second-order valence-corrected chi connectivity index (χ2v) is 8.63. The molecule has 9 nitrogen and oxygen atoms in total. The summed E-state index contributed by atoms with van der Waals surface area (Å²) in [5.74, 6) is 2.69. The number of alkyl halides is 2. The molecule has 12 heteroatoms. The van der Waals surface area contributed by atoms with Gasteiger partial charge in [0.15, 0.2) is 17.7 Å². The molecule has 0 spiro atoms. The van der Waals surface area contributed by atoms with Gasteiger partial charge < -0.3 is 24.0 Å². The van der Waals surface area contributed by atoms with E-state index in [1.807, 2.05) is 31.4 Å². The Morgan fingerprint density at radius 2 is 2.03 bits per heavy atom. The first-order valence-corrected chi connectivity index (χ1v) is 12.3. The van der Waals surface area contributed by atoms with Gasteiger partial charge in [-0.15, -0.1) is 6.42 Å². The molecule has 0 saturated carbocycles. The van der Waals surface area contributed by atoms with Gasteiger partial charge in [-0.05, 0) is 66.7 Å². The minimum absolute atomic E-state index is 0.0243. The number of terminal acetylenes is 1. The van der Waals surface area contributed by atoms with Crippen molar-refractivity contribution in [3.8, 4) is 23.8 Å². The van der Waals surface area contributed by atoms with Crippen LogP contribution in [0.15, 0.2) is 52.1 Å². The van der Waals surface area contributed by atoms with Crippen LogP contribution in [0.1, 0.15) is 23.6 Å². The summed E-state index contributed by atoms with van der Waals surface area (Å²) in [5, 5.41) is 11.8. The van der Waals surface area contributed by atoms with Crippen molar-refractivity contribution < 1.29 is 27.6 Å². The van der Waals surface area contributed by atoms with Crippen molar-refractivity contribution in [2.45, 2.75) is 37.9 Å². The van der Waals surface area contributed by atoms with Gasteiger partial charge in [0.1, 0.15) is 16.9 Å². The molecule has 0 unspecified atom stereocenters. The fourth-order valence-corrected chi connectivity index (χ4v) is 4.35. The standard InChI is InChI=1S/C23H25F2N5O3S.C3H2O/c1-4-14-5-6-17(31-3)20(9-14)34-29-22-21-18(32-23(24)25)7-15(8-19(21)33-28-22)12-30-13-16(10-26-2)11-27-30;1-2-3-4/h5-9,11,13,23,26H,4,10,12H2,1-3H3,(H,28,29);1,3H. The number of aromatic nitrogens is 3. The molecule has 4 rings (SSSR count). The van der Waals surface area contributed by atoms with Gasteiger partial charge in [-0.1, -0.05) is 18.1 Å². The number of ether oxygens (including phenoxy) is 2. The van der Waals surface area contributed by atoms with Gasteiger partial charge in [0.2, 0.25) is 0 Å². The van der Waals surface area contributed by atoms with E-state index in [4.69, 9.17) is 18.8 Å². The molecule has 0 aliphatic heterocycles. The lowest BCUT2D eigenvalue weighted by Crippen LogP contribution is -2.05. The lowest BCUT2D eigenvalue weighted by molar-refractivity contribution is -0.103. The predicted octanol–water partition coefficient (Wildman–Crippen LogP) is 4.90. The van der Waals surface area contributed by atoms with Gasteiger partial charge in [-0.25, -0.2) is 0 Å². The molecule has 0 fully saturated rings. The van der Waals surface area contributed by atoms with E-state index in [0.29, 0.717) is 41.7 Å². The quantitative estimate of drug-likeness (QED) is 0.155. The average molecular weight is 544 g/mol. The van der Waals surface area contributed by atoms with Gasteiger partial charge in [0.05, 0.1) is 24.7 Å². The topological polar surface area (TPSA) is 103 Å². The minimum Gasteiger partial charge on any atom is -0.496 e. The number of carbonyl (C=O) groups is 1. The first kappa shape index (κ1) is 28.5. The third-order valence-electron chi connectivity index (χ3n) is 5.19. The Balaban J connectivity index is 0.000000934. The highest BCUT2D eigenvalue weighted by molar-refractivity contribution is 8.00. The Labute approximate surface area is 223 Å². The van der Waals surface area contributed by atoms with Gasteiger partial charge >= 0.3 is 6.61 Å². The van der Waals surface area contributed by atoms with E-state index in [9.17, 15) is 8.78 Å². The monoisotopic (exact) mass is 543 g/mol. The summed E-state index contributed by atoms with van der Waals surface area (Å²) in [6, 6.07) is 9.18. The molecule has 0 saturated heterocycles. The number of halogens is 2. The fourth-order valence-electron chi connectivity index (χ4n) is 3.54. The summed E-state index contributed by atoms with van der Waals surface area (Å²) in [5.41, 5.74) is 3.17. The zero-order chi connectivity index (χ0) is 27.5. The Bertz CT molecular complexity index is 1400. The SMILES string of the molecule is C#CC=O.CCc1ccc(OC)c(SNc2noc3cc(Cn4cc(CNC)cn4)cc(OC(F)F)c23)c1. The molecule has 2 aromatic carbocycles. The van der Waals surface area contributed by atoms with Crippen molar-refractivity contribution in [2.24, 2.45) is 0 Å². The van der Waals surface area contributed by atoms with Crippen molar-refractivity contribution in [1.29, 1.82) is 0 Å². The second-order valence-electron chi connectivity index (χ2n) is 7.78. The third-order valence-corrected chi connectivity index (χ3v) is 6.02. The first-order valence-electron chi connectivity index (χ1n) is 11.4. The maximum atomic E-state index is 13.2. The van der Waals surface area contributed by atoms with Crippen LogP contribution < -0.4 is 19.5 Å². The van der Waals surface area contributed by atoms with E-state index in [1.165, 1.54) is 11.9 Å². The molecule has 0 amide bonds. The molecular formula is C26H27F2N5O4S. The summed E-state index contributed by atoms with van der Waals surface area (Å²) in [7, 11) is 3.44. The number of hydrogen-bond donors (Lipinski definition) is 2. The molecule has 2 heterocycles. The molecular weight excluding hydrogens is 516 g/mol. The summed E-state index contributed by atoms with van der Waals surface area (Å²) < 4.78 is 47.0. The van der Waals surface area contributed by atoms with E-state index in [-0.39, 0.29) is 11.6 Å². The van der Waals surface area contributed by atoms with E-state index in [0.717, 1.165) is 22.4 Å². The zero-order valence-electron chi connectivity index (χ0n) is 21.0. The van der Waals surface area contributed by atoms with Crippen LogP contribution in [0.4, 0.5) is 14.6 Å². The molecule has 4 aromatic rings. The predicted molar refractivity (Wildman–Crippen MR) is 141 cm³/mol. The number of fused-ring (bicyclic) bond motifs is 1. The zero-order valence-corrected chi connectivity index (χ0v) is 21.9. The van der Waals surface area contributed by atoms with E-state index < -0.39 is 6.61 Å². The number of aryl methyl sites for hydroxylation is 1. The third kappa shape index (κ3) is 7.47. The van der Waals surface area contributed by atoms with Crippen LogP contribution in [0.5, 0.6) is 11.5 Å². The Kier molecular flexibility index (Phi) is 10.5. The van der Waals surface area contributed by atoms with Crippen LogP contribution in [0.2, 0.25) is 0 Å². The Morgan fingerprint density at radius 3 is 2.68 bits per heavy atom. The highest BCUT2D eigenvalue weighted by Gasteiger charge is 2.19. The number of anilines is 1. The number of aldehydes is 1. The molecule has 38 heavy (non-hydrogen) atoms. The van der Waals surface area contributed by atoms with Crippen molar-refractivity contribution in [1.82, 2.24) is 20.3 Å². The van der Waals surface area contributed by atoms with E-state index >= 15 is 0 Å². The minimum atomic E-state index is -3.00. The number of carbonyl (C=O) groups excluding carboxylic acids is 1. The first-order chi connectivity index (χ1) is 18.4. The van der Waals surface area contributed by atoms with Crippen molar-refractivity contribution >= 4 is 35.0 Å². The van der Waals surface area contributed by atoms with Crippen LogP contribution in [0, 0.1) is 12.3 Å². The number of nitrogens with zero attached hydrogens (tertiary/aromatic N) is 3. The van der Waals surface area contributed by atoms with Crippen molar-refractivity contribution in [3.63, 3.8) is 0 Å². The summed E-state index contributed by atoms with van der Waals surface area (Å²) >= 11 is 1.25. The molecule has 0 bridgehead atoms. The summed E-state index contributed by atoms with van der Waals surface area (Å²) in [6.07, 6.45) is 9.32. The molecule has 2 N–H and O–H groups in total. The molecule has 0 aliphatic carbocycles. The van der Waals surface area contributed by atoms with Crippen molar-refractivity contribution in [2.75, 3.05) is 18.9 Å². The number of rotatable bonds is 11. The lowest BCUT2D eigenvalue weighted by atomic mass is 10.1. The normalized spacial score (nSPS) is 10.6. The highest BCUT2D eigenvalue weighted by atomic mass is 32.2. The van der Waals surface area contributed by atoms with Crippen LogP contribution in [-0.2, 0) is 24.3 Å².